The fourth-order valence-electron chi connectivity index (χ4n) is 1.95. The summed E-state index contributed by atoms with van der Waals surface area (Å²) in [5.41, 5.74) is 0.401. The van der Waals surface area contributed by atoms with Gasteiger partial charge in [0.05, 0.1) is 52.3 Å². The first kappa shape index (κ1) is 17.5. The molecular weight excluding hydrogens is 304 g/mol. The molecule has 0 atom stereocenters. The predicted molar refractivity (Wildman–Crippen MR) is 81.2 cm³/mol. The van der Waals surface area contributed by atoms with Gasteiger partial charge >= 0.3 is 5.97 Å². The maximum absolute atomic E-state index is 11.6. The highest BCUT2D eigenvalue weighted by Gasteiger charge is 2.12. The number of ether oxygens (including phenoxy) is 6. The van der Waals surface area contributed by atoms with E-state index in [0.717, 1.165) is 0 Å². The second kappa shape index (κ2) is 10.0. The Balaban J connectivity index is 2.04. The summed E-state index contributed by atoms with van der Waals surface area (Å²) in [4.78, 5) is 11.6. The molecule has 0 radical (unpaired) electrons. The van der Waals surface area contributed by atoms with Crippen LogP contribution < -0.4 is 9.47 Å². The van der Waals surface area contributed by atoms with Gasteiger partial charge in [-0.3, -0.25) is 0 Å². The standard InChI is InChI=1S/C16H22O7/c1-18-16(17)13-2-3-14-15(12-13)23-11-9-21-7-5-19-4-6-20-8-10-22-14/h2-3,12H,4-11H2,1H3. The van der Waals surface area contributed by atoms with E-state index in [-0.39, 0.29) is 0 Å². The maximum Gasteiger partial charge on any atom is 0.337 e. The molecule has 0 N–H and O–H groups in total. The van der Waals surface area contributed by atoms with Crippen molar-refractivity contribution in [3.05, 3.63) is 23.8 Å². The zero-order valence-corrected chi connectivity index (χ0v) is 13.2. The zero-order valence-electron chi connectivity index (χ0n) is 13.2. The molecule has 23 heavy (non-hydrogen) atoms. The average Bonchev–Trinajstić information content (AvgIpc) is 2.59. The summed E-state index contributed by atoms with van der Waals surface area (Å²) in [6, 6.07) is 4.92. The molecule has 0 fully saturated rings. The topological polar surface area (TPSA) is 72.5 Å². The van der Waals surface area contributed by atoms with Crippen molar-refractivity contribution < 1.29 is 33.2 Å². The minimum Gasteiger partial charge on any atom is -0.487 e. The lowest BCUT2D eigenvalue weighted by Gasteiger charge is -2.14. The Kier molecular flexibility index (Phi) is 7.65. The van der Waals surface area contributed by atoms with Gasteiger partial charge < -0.3 is 28.4 Å². The van der Waals surface area contributed by atoms with E-state index in [9.17, 15) is 4.79 Å². The van der Waals surface area contributed by atoms with Crippen molar-refractivity contribution in [2.24, 2.45) is 0 Å². The molecule has 128 valence electrons. The molecule has 1 aromatic rings. The third-order valence-electron chi connectivity index (χ3n) is 3.08. The molecule has 2 rings (SSSR count). The SMILES string of the molecule is COC(=O)c1ccc2c(c1)OCCOCCOCCOCCO2. The van der Waals surface area contributed by atoms with Crippen molar-refractivity contribution in [3.8, 4) is 11.5 Å². The lowest BCUT2D eigenvalue weighted by Crippen LogP contribution is -2.13. The molecule has 7 nitrogen and oxygen atoms in total. The summed E-state index contributed by atoms with van der Waals surface area (Å²) >= 11 is 0. The fourth-order valence-corrected chi connectivity index (χ4v) is 1.95. The van der Waals surface area contributed by atoms with Crippen LogP contribution in [0.2, 0.25) is 0 Å². The van der Waals surface area contributed by atoms with Crippen LogP contribution in [-0.4, -0.2) is 65.9 Å². The summed E-state index contributed by atoms with van der Waals surface area (Å²) in [5, 5.41) is 0. The smallest absolute Gasteiger partial charge is 0.337 e. The van der Waals surface area contributed by atoms with Crippen molar-refractivity contribution in [1.29, 1.82) is 0 Å². The van der Waals surface area contributed by atoms with Crippen LogP contribution >= 0.6 is 0 Å². The predicted octanol–water partition coefficient (Wildman–Crippen LogP) is 1.29. The van der Waals surface area contributed by atoms with E-state index in [1.54, 1.807) is 18.2 Å². The van der Waals surface area contributed by atoms with Crippen LogP contribution in [0.4, 0.5) is 0 Å². The van der Waals surface area contributed by atoms with Gasteiger partial charge in [0.1, 0.15) is 13.2 Å². The second-order valence-corrected chi connectivity index (χ2v) is 4.69. The van der Waals surface area contributed by atoms with E-state index in [1.165, 1.54) is 7.11 Å². The van der Waals surface area contributed by atoms with Gasteiger partial charge in [0.15, 0.2) is 11.5 Å². The summed E-state index contributed by atoms with van der Waals surface area (Å²) < 4.78 is 32.2. The number of esters is 1. The maximum atomic E-state index is 11.6. The molecule has 0 aromatic heterocycles. The first-order valence-corrected chi connectivity index (χ1v) is 7.52. The number of hydrogen-bond donors (Lipinski definition) is 0. The first-order chi connectivity index (χ1) is 11.3. The van der Waals surface area contributed by atoms with Gasteiger partial charge in [0.25, 0.3) is 0 Å². The number of hydrogen-bond acceptors (Lipinski definition) is 7. The van der Waals surface area contributed by atoms with Crippen molar-refractivity contribution in [3.63, 3.8) is 0 Å². The molecule has 1 aromatic carbocycles. The molecule has 1 aliphatic rings. The minimum absolute atomic E-state index is 0.345. The molecule has 1 aliphatic heterocycles. The lowest BCUT2D eigenvalue weighted by atomic mass is 10.2. The molecule has 7 heteroatoms. The van der Waals surface area contributed by atoms with Gasteiger partial charge in [-0.25, -0.2) is 4.79 Å². The second-order valence-electron chi connectivity index (χ2n) is 4.69. The molecule has 0 saturated heterocycles. The van der Waals surface area contributed by atoms with Gasteiger partial charge in [0.2, 0.25) is 0 Å². The Morgan fingerprint density at radius 3 is 1.91 bits per heavy atom. The Hall–Kier alpha value is -1.83. The van der Waals surface area contributed by atoms with Crippen LogP contribution in [0.15, 0.2) is 18.2 Å². The monoisotopic (exact) mass is 326 g/mol. The molecule has 0 amide bonds. The minimum atomic E-state index is -0.427. The highest BCUT2D eigenvalue weighted by molar-refractivity contribution is 5.90. The van der Waals surface area contributed by atoms with E-state index in [1.807, 2.05) is 0 Å². The largest absolute Gasteiger partial charge is 0.487 e. The molecule has 0 bridgehead atoms. The summed E-state index contributed by atoms with van der Waals surface area (Å²) in [7, 11) is 1.34. The Morgan fingerprint density at radius 2 is 1.35 bits per heavy atom. The Bertz CT molecular complexity index is 489. The molecule has 0 saturated carbocycles. The number of carbonyl (C=O) groups is 1. The normalized spacial score (nSPS) is 17.6. The number of carbonyl (C=O) groups excluding carboxylic acids is 1. The van der Waals surface area contributed by atoms with Crippen LogP contribution in [-0.2, 0) is 18.9 Å². The van der Waals surface area contributed by atoms with E-state index >= 15 is 0 Å². The highest BCUT2D eigenvalue weighted by atomic mass is 16.6. The first-order valence-electron chi connectivity index (χ1n) is 7.52. The van der Waals surface area contributed by atoms with E-state index in [0.29, 0.717) is 69.9 Å². The number of fused-ring (bicyclic) bond motifs is 1. The van der Waals surface area contributed by atoms with Crippen molar-refractivity contribution >= 4 is 5.97 Å². The fraction of sp³-hybridized carbons (Fsp3) is 0.562. The van der Waals surface area contributed by atoms with Crippen LogP contribution in [0.3, 0.4) is 0 Å². The molecule has 1 heterocycles. The van der Waals surface area contributed by atoms with Crippen LogP contribution in [0.25, 0.3) is 0 Å². The summed E-state index contributed by atoms with van der Waals surface area (Å²) in [6.45, 7) is 3.63. The van der Waals surface area contributed by atoms with Crippen molar-refractivity contribution in [2.75, 3.05) is 60.0 Å². The van der Waals surface area contributed by atoms with Crippen LogP contribution in [0.1, 0.15) is 10.4 Å². The van der Waals surface area contributed by atoms with Gasteiger partial charge in [-0.05, 0) is 18.2 Å². The van der Waals surface area contributed by atoms with Crippen LogP contribution in [0.5, 0.6) is 11.5 Å². The van der Waals surface area contributed by atoms with Gasteiger partial charge in [0, 0.05) is 0 Å². The summed E-state index contributed by atoms with van der Waals surface area (Å²) in [5.74, 6) is 0.596. The molecule has 0 aliphatic carbocycles. The Labute approximate surface area is 135 Å². The van der Waals surface area contributed by atoms with Gasteiger partial charge in [-0.1, -0.05) is 0 Å². The van der Waals surface area contributed by atoms with Gasteiger partial charge in [-0.2, -0.15) is 0 Å². The van der Waals surface area contributed by atoms with E-state index in [4.69, 9.17) is 28.4 Å². The Morgan fingerprint density at radius 1 is 0.826 bits per heavy atom. The van der Waals surface area contributed by atoms with E-state index < -0.39 is 5.97 Å². The molecule has 0 unspecified atom stereocenters. The quantitative estimate of drug-likeness (QED) is 0.720. The lowest BCUT2D eigenvalue weighted by molar-refractivity contribution is 0.00708. The zero-order chi connectivity index (χ0) is 16.3. The number of benzene rings is 1. The van der Waals surface area contributed by atoms with Crippen molar-refractivity contribution in [1.82, 2.24) is 0 Å². The average molecular weight is 326 g/mol. The third kappa shape index (κ3) is 6.05. The third-order valence-corrected chi connectivity index (χ3v) is 3.08. The highest BCUT2D eigenvalue weighted by Crippen LogP contribution is 2.28. The van der Waals surface area contributed by atoms with Gasteiger partial charge in [-0.15, -0.1) is 0 Å². The van der Waals surface area contributed by atoms with Crippen molar-refractivity contribution in [2.45, 2.75) is 0 Å². The number of methoxy groups -OCH3 is 1. The summed E-state index contributed by atoms with van der Waals surface area (Å²) in [6.07, 6.45) is 0. The van der Waals surface area contributed by atoms with Crippen LogP contribution in [0, 0.1) is 0 Å². The number of rotatable bonds is 1. The molecular formula is C16H22O7. The molecule has 0 spiro atoms. The van der Waals surface area contributed by atoms with E-state index in [2.05, 4.69) is 0 Å².